The highest BCUT2D eigenvalue weighted by atomic mass is 16.5. The van der Waals surface area contributed by atoms with Gasteiger partial charge in [-0.05, 0) is 55.8 Å². The number of nitrogens with zero attached hydrogens (tertiary/aromatic N) is 2. The molecule has 118 valence electrons. The highest BCUT2D eigenvalue weighted by Gasteiger charge is 2.10. The number of benzene rings is 1. The summed E-state index contributed by atoms with van der Waals surface area (Å²) in [6.45, 7) is 5.68. The molecule has 0 spiro atoms. The summed E-state index contributed by atoms with van der Waals surface area (Å²) in [6.07, 6.45) is 3.08. The summed E-state index contributed by atoms with van der Waals surface area (Å²) in [7, 11) is 1.98. The van der Waals surface area contributed by atoms with Crippen LogP contribution in [0, 0.1) is 13.8 Å². The summed E-state index contributed by atoms with van der Waals surface area (Å²) in [5.41, 5.74) is 3.46. The number of aliphatic hydroxyl groups is 1. The van der Waals surface area contributed by atoms with Gasteiger partial charge in [0.1, 0.15) is 18.5 Å². The molecule has 2 rings (SSSR count). The summed E-state index contributed by atoms with van der Waals surface area (Å²) in [4.78, 5) is 6.16. The highest BCUT2D eigenvalue weighted by molar-refractivity contribution is 5.33. The van der Waals surface area contributed by atoms with Gasteiger partial charge in [-0.25, -0.2) is 0 Å². The standard InChI is InChI=1S/C18H24N2O2/c1-14-7-15(2)9-18(8-14)22-13-17(21)12-20(3)11-16-5-4-6-19-10-16/h4-10,17,21H,11-13H2,1-3H3. The molecule has 1 unspecified atom stereocenters. The molecule has 1 atom stereocenters. The van der Waals surface area contributed by atoms with E-state index in [1.807, 2.05) is 51.4 Å². The van der Waals surface area contributed by atoms with E-state index in [1.165, 1.54) is 0 Å². The molecule has 0 aliphatic rings. The van der Waals surface area contributed by atoms with Crippen LogP contribution in [0.15, 0.2) is 42.7 Å². The number of hydrogen-bond acceptors (Lipinski definition) is 4. The fourth-order valence-electron chi connectivity index (χ4n) is 2.49. The molecule has 2 aromatic rings. The largest absolute Gasteiger partial charge is 0.491 e. The molecule has 1 N–H and O–H groups in total. The van der Waals surface area contributed by atoms with Crippen LogP contribution in [0.5, 0.6) is 5.75 Å². The van der Waals surface area contributed by atoms with E-state index in [2.05, 4.69) is 16.0 Å². The van der Waals surface area contributed by atoms with Gasteiger partial charge in [0.05, 0.1) is 0 Å². The first-order valence-electron chi connectivity index (χ1n) is 7.49. The van der Waals surface area contributed by atoms with Crippen molar-refractivity contribution < 1.29 is 9.84 Å². The highest BCUT2D eigenvalue weighted by Crippen LogP contribution is 2.16. The predicted octanol–water partition coefficient (Wildman–Crippen LogP) is 2.57. The Morgan fingerprint density at radius 1 is 1.23 bits per heavy atom. The second-order valence-corrected chi connectivity index (χ2v) is 5.85. The van der Waals surface area contributed by atoms with Crippen LogP contribution in [-0.4, -0.2) is 41.3 Å². The number of hydrogen-bond donors (Lipinski definition) is 1. The SMILES string of the molecule is Cc1cc(C)cc(OCC(O)CN(C)Cc2cccnc2)c1. The normalized spacial score (nSPS) is 12.4. The molecular weight excluding hydrogens is 276 g/mol. The van der Waals surface area contributed by atoms with Crippen molar-refractivity contribution in [1.82, 2.24) is 9.88 Å². The maximum Gasteiger partial charge on any atom is 0.119 e. The Labute approximate surface area is 132 Å². The number of rotatable bonds is 7. The van der Waals surface area contributed by atoms with Gasteiger partial charge in [0.15, 0.2) is 0 Å². The Kier molecular flexibility index (Phi) is 5.92. The topological polar surface area (TPSA) is 45.6 Å². The van der Waals surface area contributed by atoms with E-state index in [-0.39, 0.29) is 0 Å². The molecule has 1 aromatic carbocycles. The zero-order valence-corrected chi connectivity index (χ0v) is 13.5. The lowest BCUT2D eigenvalue weighted by atomic mass is 10.1. The Morgan fingerprint density at radius 3 is 2.59 bits per heavy atom. The molecule has 0 saturated carbocycles. The zero-order chi connectivity index (χ0) is 15.9. The lowest BCUT2D eigenvalue weighted by Gasteiger charge is -2.21. The van der Waals surface area contributed by atoms with Gasteiger partial charge in [-0.1, -0.05) is 12.1 Å². The predicted molar refractivity (Wildman–Crippen MR) is 88.0 cm³/mol. The first kappa shape index (κ1) is 16.5. The maximum atomic E-state index is 10.1. The fraction of sp³-hybridized carbons (Fsp3) is 0.389. The Balaban J connectivity index is 1.78. The van der Waals surface area contributed by atoms with E-state index in [9.17, 15) is 5.11 Å². The van der Waals surface area contributed by atoms with Crippen molar-refractivity contribution in [2.24, 2.45) is 0 Å². The van der Waals surface area contributed by atoms with Crippen molar-refractivity contribution in [3.05, 3.63) is 59.4 Å². The van der Waals surface area contributed by atoms with Crippen LogP contribution in [0.3, 0.4) is 0 Å². The minimum Gasteiger partial charge on any atom is -0.491 e. The third kappa shape index (κ3) is 5.47. The molecule has 0 fully saturated rings. The van der Waals surface area contributed by atoms with Crippen molar-refractivity contribution in [3.8, 4) is 5.75 Å². The number of likely N-dealkylation sites (N-methyl/N-ethyl adjacent to an activating group) is 1. The van der Waals surface area contributed by atoms with Crippen LogP contribution in [0.1, 0.15) is 16.7 Å². The van der Waals surface area contributed by atoms with E-state index >= 15 is 0 Å². The molecule has 4 heteroatoms. The van der Waals surface area contributed by atoms with Gasteiger partial charge in [-0.3, -0.25) is 9.88 Å². The number of pyridine rings is 1. The number of aromatic nitrogens is 1. The molecule has 0 aliphatic heterocycles. The van der Waals surface area contributed by atoms with Crippen molar-refractivity contribution >= 4 is 0 Å². The van der Waals surface area contributed by atoms with Crippen LogP contribution in [0.25, 0.3) is 0 Å². The van der Waals surface area contributed by atoms with E-state index < -0.39 is 6.10 Å². The molecule has 0 radical (unpaired) electrons. The lowest BCUT2D eigenvalue weighted by molar-refractivity contribution is 0.0743. The van der Waals surface area contributed by atoms with Gasteiger partial charge >= 0.3 is 0 Å². The smallest absolute Gasteiger partial charge is 0.119 e. The Morgan fingerprint density at radius 2 is 1.95 bits per heavy atom. The van der Waals surface area contributed by atoms with Gasteiger partial charge in [-0.2, -0.15) is 0 Å². The second kappa shape index (κ2) is 7.92. The summed E-state index contributed by atoms with van der Waals surface area (Å²) in [5.74, 6) is 0.812. The molecule has 0 saturated heterocycles. The van der Waals surface area contributed by atoms with Gasteiger partial charge in [-0.15, -0.1) is 0 Å². The van der Waals surface area contributed by atoms with Crippen molar-refractivity contribution in [1.29, 1.82) is 0 Å². The van der Waals surface area contributed by atoms with Crippen LogP contribution >= 0.6 is 0 Å². The third-order valence-corrected chi connectivity index (χ3v) is 3.34. The van der Waals surface area contributed by atoms with Gasteiger partial charge in [0.2, 0.25) is 0 Å². The molecule has 0 bridgehead atoms. The van der Waals surface area contributed by atoms with Crippen LogP contribution < -0.4 is 4.74 Å². The summed E-state index contributed by atoms with van der Waals surface area (Å²) < 4.78 is 5.69. The van der Waals surface area contributed by atoms with Crippen LogP contribution in [0.2, 0.25) is 0 Å². The average Bonchev–Trinajstić information content (AvgIpc) is 2.45. The number of ether oxygens (including phenoxy) is 1. The van der Waals surface area contributed by atoms with Crippen LogP contribution in [-0.2, 0) is 6.54 Å². The monoisotopic (exact) mass is 300 g/mol. The minimum atomic E-state index is -0.525. The van der Waals surface area contributed by atoms with Crippen LogP contribution in [0.4, 0.5) is 0 Å². The molecule has 1 heterocycles. The van der Waals surface area contributed by atoms with E-state index in [0.29, 0.717) is 13.2 Å². The maximum absolute atomic E-state index is 10.1. The van der Waals surface area contributed by atoms with Gasteiger partial charge < -0.3 is 9.84 Å². The summed E-state index contributed by atoms with van der Waals surface area (Å²) in [6, 6.07) is 10.0. The van der Waals surface area contributed by atoms with E-state index in [0.717, 1.165) is 29.0 Å². The molecule has 22 heavy (non-hydrogen) atoms. The average molecular weight is 300 g/mol. The molecule has 4 nitrogen and oxygen atoms in total. The summed E-state index contributed by atoms with van der Waals surface area (Å²) in [5, 5.41) is 10.1. The fourth-order valence-corrected chi connectivity index (χ4v) is 2.49. The van der Waals surface area contributed by atoms with Gasteiger partial charge in [0.25, 0.3) is 0 Å². The first-order valence-corrected chi connectivity index (χ1v) is 7.49. The Bertz CT molecular complexity index is 567. The zero-order valence-electron chi connectivity index (χ0n) is 13.5. The van der Waals surface area contributed by atoms with Crippen molar-refractivity contribution in [3.63, 3.8) is 0 Å². The first-order chi connectivity index (χ1) is 10.5. The number of aliphatic hydroxyl groups excluding tert-OH is 1. The quantitative estimate of drug-likeness (QED) is 0.853. The molecular formula is C18H24N2O2. The van der Waals surface area contributed by atoms with Crippen molar-refractivity contribution in [2.75, 3.05) is 20.2 Å². The summed E-state index contributed by atoms with van der Waals surface area (Å²) >= 11 is 0. The molecule has 1 aromatic heterocycles. The van der Waals surface area contributed by atoms with E-state index in [4.69, 9.17) is 4.74 Å². The van der Waals surface area contributed by atoms with E-state index in [1.54, 1.807) is 6.20 Å². The number of aryl methyl sites for hydroxylation is 2. The Hall–Kier alpha value is -1.91. The van der Waals surface area contributed by atoms with Gasteiger partial charge in [0, 0.05) is 25.5 Å². The van der Waals surface area contributed by atoms with Crippen molar-refractivity contribution in [2.45, 2.75) is 26.5 Å². The second-order valence-electron chi connectivity index (χ2n) is 5.85. The minimum absolute atomic E-state index is 0.292. The molecule has 0 amide bonds. The lowest BCUT2D eigenvalue weighted by Crippen LogP contribution is -2.32. The third-order valence-electron chi connectivity index (χ3n) is 3.34. The molecule has 0 aliphatic carbocycles.